The first-order valence-electron chi connectivity index (χ1n) is 9.88. The maximum Gasteiger partial charge on any atom is 0.251 e. The summed E-state index contributed by atoms with van der Waals surface area (Å²) in [5.74, 6) is -0.0231. The fourth-order valence-corrected chi connectivity index (χ4v) is 5.19. The Morgan fingerprint density at radius 1 is 1.17 bits per heavy atom. The molecule has 0 radical (unpaired) electrons. The quantitative estimate of drug-likeness (QED) is 0.603. The lowest BCUT2D eigenvalue weighted by atomic mass is 10.1. The minimum absolute atomic E-state index is 0.0231. The summed E-state index contributed by atoms with van der Waals surface area (Å²) in [4.78, 5) is 21.9. The van der Waals surface area contributed by atoms with Crippen molar-refractivity contribution in [2.75, 3.05) is 44.2 Å². The van der Waals surface area contributed by atoms with Crippen LogP contribution in [0.15, 0.2) is 40.9 Å². The molecule has 7 heteroatoms. The molecule has 5 nitrogen and oxygen atoms in total. The van der Waals surface area contributed by atoms with Gasteiger partial charge in [0.25, 0.3) is 5.91 Å². The number of thiazole rings is 1. The van der Waals surface area contributed by atoms with Crippen molar-refractivity contribution in [1.82, 2.24) is 15.2 Å². The summed E-state index contributed by atoms with van der Waals surface area (Å²) >= 11 is 5.20. The van der Waals surface area contributed by atoms with Gasteiger partial charge in [-0.15, -0.1) is 0 Å². The minimum atomic E-state index is -0.0231. The van der Waals surface area contributed by atoms with Crippen LogP contribution in [0, 0.1) is 13.8 Å². The Hall–Kier alpha value is -1.96. The summed E-state index contributed by atoms with van der Waals surface area (Å²) in [7, 11) is 0. The molecule has 0 aliphatic carbocycles. The van der Waals surface area contributed by atoms with E-state index in [1.165, 1.54) is 15.8 Å². The van der Waals surface area contributed by atoms with Crippen LogP contribution >= 0.6 is 27.3 Å². The number of piperazine rings is 1. The smallest absolute Gasteiger partial charge is 0.251 e. The molecule has 0 spiro atoms. The molecule has 152 valence electrons. The summed E-state index contributed by atoms with van der Waals surface area (Å²) < 4.78 is 2.21. The molecule has 1 amide bonds. The standard InChI is InChI=1S/C22H25BrN4OS/c1-15-12-16(2)20-19(13-15)25-22(29-20)27-10-8-26(9-11-27)7-6-24-21(28)17-4-3-5-18(23)14-17/h3-5,12-14H,6-11H2,1-2H3,(H,24,28). The highest BCUT2D eigenvalue weighted by atomic mass is 79.9. The Kier molecular flexibility index (Phi) is 6.18. The number of carbonyl (C=O) groups is 1. The Bertz CT molecular complexity index is 1030. The van der Waals surface area contributed by atoms with Gasteiger partial charge < -0.3 is 10.2 Å². The molecule has 1 N–H and O–H groups in total. The molecular weight excluding hydrogens is 448 g/mol. The maximum atomic E-state index is 12.2. The largest absolute Gasteiger partial charge is 0.351 e. The van der Waals surface area contributed by atoms with E-state index in [0.29, 0.717) is 12.1 Å². The van der Waals surface area contributed by atoms with E-state index in [2.05, 4.69) is 57.0 Å². The first-order chi connectivity index (χ1) is 14.0. The molecule has 1 fully saturated rings. The number of rotatable bonds is 5. The van der Waals surface area contributed by atoms with E-state index in [4.69, 9.17) is 4.98 Å². The predicted octanol–water partition coefficient (Wildman–Crippen LogP) is 4.23. The highest BCUT2D eigenvalue weighted by Crippen LogP contribution is 2.32. The lowest BCUT2D eigenvalue weighted by molar-refractivity contribution is 0.0947. The summed E-state index contributed by atoms with van der Waals surface area (Å²) in [6.45, 7) is 9.73. The molecule has 1 aromatic heterocycles. The average molecular weight is 473 g/mol. The van der Waals surface area contributed by atoms with Gasteiger partial charge in [-0.25, -0.2) is 4.98 Å². The monoisotopic (exact) mass is 472 g/mol. The molecule has 1 aliphatic heterocycles. The molecule has 2 aromatic carbocycles. The molecule has 2 heterocycles. The Labute approximate surface area is 183 Å². The molecule has 4 rings (SSSR count). The first-order valence-corrected chi connectivity index (χ1v) is 11.5. The van der Waals surface area contributed by atoms with Gasteiger partial charge in [-0.1, -0.05) is 39.4 Å². The van der Waals surface area contributed by atoms with Crippen LogP contribution in [0.25, 0.3) is 10.2 Å². The average Bonchev–Trinajstić information content (AvgIpc) is 3.13. The van der Waals surface area contributed by atoms with Gasteiger partial charge in [-0.05, 0) is 49.2 Å². The van der Waals surface area contributed by atoms with Crippen LogP contribution in [0.5, 0.6) is 0 Å². The van der Waals surface area contributed by atoms with Crippen LogP contribution in [0.3, 0.4) is 0 Å². The van der Waals surface area contributed by atoms with Crippen molar-refractivity contribution < 1.29 is 4.79 Å². The number of aromatic nitrogens is 1. The number of halogens is 1. The number of hydrogen-bond acceptors (Lipinski definition) is 5. The third-order valence-corrected chi connectivity index (χ3v) is 7.01. The van der Waals surface area contributed by atoms with Crippen molar-refractivity contribution in [3.05, 3.63) is 57.6 Å². The number of carbonyl (C=O) groups excluding carboxylic acids is 1. The second-order valence-corrected chi connectivity index (χ2v) is 9.41. The van der Waals surface area contributed by atoms with E-state index < -0.39 is 0 Å². The van der Waals surface area contributed by atoms with Gasteiger partial charge in [-0.2, -0.15) is 0 Å². The fraction of sp³-hybridized carbons (Fsp3) is 0.364. The third-order valence-electron chi connectivity index (χ3n) is 5.25. The Morgan fingerprint density at radius 2 is 1.97 bits per heavy atom. The highest BCUT2D eigenvalue weighted by molar-refractivity contribution is 9.10. The van der Waals surface area contributed by atoms with Gasteiger partial charge in [0, 0.05) is 49.3 Å². The maximum absolute atomic E-state index is 12.2. The van der Waals surface area contributed by atoms with Crippen molar-refractivity contribution >= 4 is 48.5 Å². The molecule has 1 saturated heterocycles. The Balaban J connectivity index is 1.27. The van der Waals surface area contributed by atoms with E-state index in [1.807, 2.05) is 24.3 Å². The normalized spacial score (nSPS) is 15.1. The van der Waals surface area contributed by atoms with Gasteiger partial charge in [0.15, 0.2) is 5.13 Å². The van der Waals surface area contributed by atoms with Crippen molar-refractivity contribution in [3.63, 3.8) is 0 Å². The zero-order valence-corrected chi connectivity index (χ0v) is 19.1. The molecule has 0 unspecified atom stereocenters. The molecule has 29 heavy (non-hydrogen) atoms. The van der Waals surface area contributed by atoms with E-state index in [9.17, 15) is 4.79 Å². The second kappa shape index (κ2) is 8.81. The van der Waals surface area contributed by atoms with Gasteiger partial charge in [0.2, 0.25) is 0 Å². The SMILES string of the molecule is Cc1cc(C)c2sc(N3CCN(CCNC(=O)c4cccc(Br)c4)CC3)nc2c1. The fourth-order valence-electron chi connectivity index (χ4n) is 3.72. The highest BCUT2D eigenvalue weighted by Gasteiger charge is 2.20. The van der Waals surface area contributed by atoms with E-state index in [-0.39, 0.29) is 5.91 Å². The van der Waals surface area contributed by atoms with Crippen LogP contribution in [0.4, 0.5) is 5.13 Å². The molecule has 0 bridgehead atoms. The van der Waals surface area contributed by atoms with Crippen LogP contribution < -0.4 is 10.2 Å². The van der Waals surface area contributed by atoms with Crippen LogP contribution in [-0.4, -0.2) is 55.1 Å². The number of hydrogen-bond donors (Lipinski definition) is 1. The predicted molar refractivity (Wildman–Crippen MR) is 124 cm³/mol. The summed E-state index contributed by atoms with van der Waals surface area (Å²) in [6.07, 6.45) is 0. The zero-order valence-electron chi connectivity index (χ0n) is 16.7. The molecular formula is C22H25BrN4OS. The van der Waals surface area contributed by atoms with Crippen molar-refractivity contribution in [2.45, 2.75) is 13.8 Å². The van der Waals surface area contributed by atoms with Gasteiger partial charge in [0.05, 0.1) is 10.2 Å². The lowest BCUT2D eigenvalue weighted by Gasteiger charge is -2.34. The first kappa shape index (κ1) is 20.3. The van der Waals surface area contributed by atoms with E-state index in [1.54, 1.807) is 11.3 Å². The van der Waals surface area contributed by atoms with Gasteiger partial charge in [0.1, 0.15) is 0 Å². The topological polar surface area (TPSA) is 48.5 Å². The molecule has 0 saturated carbocycles. The number of amides is 1. The van der Waals surface area contributed by atoms with E-state index >= 15 is 0 Å². The third kappa shape index (κ3) is 4.79. The molecule has 1 aliphatic rings. The minimum Gasteiger partial charge on any atom is -0.351 e. The number of anilines is 1. The van der Waals surface area contributed by atoms with Crippen molar-refractivity contribution in [2.24, 2.45) is 0 Å². The number of benzene rings is 2. The lowest BCUT2D eigenvalue weighted by Crippen LogP contribution is -2.48. The summed E-state index contributed by atoms with van der Waals surface area (Å²) in [5, 5.41) is 4.14. The molecule has 0 atom stereocenters. The Morgan fingerprint density at radius 3 is 2.72 bits per heavy atom. The number of aryl methyl sites for hydroxylation is 2. The van der Waals surface area contributed by atoms with Crippen molar-refractivity contribution in [3.8, 4) is 0 Å². The second-order valence-electron chi connectivity index (χ2n) is 7.52. The zero-order chi connectivity index (χ0) is 20.4. The summed E-state index contributed by atoms with van der Waals surface area (Å²) in [5.41, 5.74) is 4.37. The number of nitrogens with one attached hydrogen (secondary N) is 1. The van der Waals surface area contributed by atoms with Gasteiger partial charge >= 0.3 is 0 Å². The van der Waals surface area contributed by atoms with E-state index in [0.717, 1.165) is 47.8 Å². The molecule has 3 aromatic rings. The van der Waals surface area contributed by atoms with Crippen LogP contribution in [0.1, 0.15) is 21.5 Å². The van der Waals surface area contributed by atoms with Crippen LogP contribution in [-0.2, 0) is 0 Å². The summed E-state index contributed by atoms with van der Waals surface area (Å²) in [6, 6.07) is 11.9. The van der Waals surface area contributed by atoms with Gasteiger partial charge in [-0.3, -0.25) is 9.69 Å². The van der Waals surface area contributed by atoms with Crippen molar-refractivity contribution in [1.29, 1.82) is 0 Å². The van der Waals surface area contributed by atoms with Crippen LogP contribution in [0.2, 0.25) is 0 Å². The number of fused-ring (bicyclic) bond motifs is 1. The number of nitrogens with zero attached hydrogens (tertiary/aromatic N) is 3.